The lowest BCUT2D eigenvalue weighted by Crippen LogP contribution is -2.53. The predicted octanol–water partition coefficient (Wildman–Crippen LogP) is 2.49. The lowest BCUT2D eigenvalue weighted by Gasteiger charge is -2.38. The summed E-state index contributed by atoms with van der Waals surface area (Å²) in [5.41, 5.74) is 7.12. The predicted molar refractivity (Wildman–Crippen MR) is 96.1 cm³/mol. The summed E-state index contributed by atoms with van der Waals surface area (Å²) in [5, 5.41) is 12.9. The second-order valence-corrected chi connectivity index (χ2v) is 8.00. The van der Waals surface area contributed by atoms with E-state index in [9.17, 15) is 5.11 Å². The number of anilines is 1. The summed E-state index contributed by atoms with van der Waals surface area (Å²) >= 11 is 1.71. The van der Waals surface area contributed by atoms with Crippen molar-refractivity contribution in [3.63, 3.8) is 0 Å². The van der Waals surface area contributed by atoms with Crippen LogP contribution in [-0.2, 0) is 6.42 Å². The van der Waals surface area contributed by atoms with Gasteiger partial charge in [0.15, 0.2) is 0 Å². The molecule has 1 aliphatic rings. The highest BCUT2D eigenvalue weighted by molar-refractivity contribution is 7.17. The van der Waals surface area contributed by atoms with Gasteiger partial charge in [-0.2, -0.15) is 0 Å². The third kappa shape index (κ3) is 3.34. The van der Waals surface area contributed by atoms with Crippen molar-refractivity contribution in [2.24, 2.45) is 11.7 Å². The van der Waals surface area contributed by atoms with E-state index in [2.05, 4.69) is 29.1 Å². The molecule has 0 bridgehead atoms. The van der Waals surface area contributed by atoms with Gasteiger partial charge in [0.25, 0.3) is 0 Å². The van der Waals surface area contributed by atoms with Crippen LogP contribution in [0.1, 0.15) is 38.1 Å². The van der Waals surface area contributed by atoms with Crippen LogP contribution in [0.4, 0.5) is 5.82 Å². The maximum Gasteiger partial charge on any atom is 0.141 e. The molecule has 1 saturated heterocycles. The van der Waals surface area contributed by atoms with Crippen molar-refractivity contribution in [3.8, 4) is 0 Å². The Morgan fingerprint density at radius 3 is 2.65 bits per heavy atom. The second-order valence-electron chi connectivity index (χ2n) is 7.14. The third-order valence-corrected chi connectivity index (χ3v) is 5.53. The van der Waals surface area contributed by atoms with Crippen LogP contribution in [0.2, 0.25) is 0 Å². The number of aromatic nitrogens is 2. The fraction of sp³-hybridized carbons (Fsp3) is 0.647. The zero-order valence-corrected chi connectivity index (χ0v) is 15.0. The molecule has 0 aromatic carbocycles. The van der Waals surface area contributed by atoms with Gasteiger partial charge in [0.05, 0.1) is 12.0 Å². The zero-order chi connectivity index (χ0) is 16.6. The molecule has 23 heavy (non-hydrogen) atoms. The summed E-state index contributed by atoms with van der Waals surface area (Å²) in [5.74, 6) is 2.47. The van der Waals surface area contributed by atoms with Crippen LogP contribution < -0.4 is 10.6 Å². The molecule has 0 radical (unpaired) electrons. The molecule has 5 nitrogen and oxygen atoms in total. The molecule has 0 aliphatic carbocycles. The minimum Gasteiger partial charge on any atom is -0.394 e. The van der Waals surface area contributed by atoms with Gasteiger partial charge in [-0.05, 0) is 43.0 Å². The van der Waals surface area contributed by atoms with E-state index in [0.29, 0.717) is 5.92 Å². The summed E-state index contributed by atoms with van der Waals surface area (Å²) in [6.07, 6.45) is 2.63. The smallest absolute Gasteiger partial charge is 0.141 e. The van der Waals surface area contributed by atoms with Crippen LogP contribution in [0, 0.1) is 12.8 Å². The van der Waals surface area contributed by atoms with Crippen LogP contribution >= 0.6 is 11.3 Å². The first-order chi connectivity index (χ1) is 10.9. The van der Waals surface area contributed by atoms with Crippen molar-refractivity contribution in [1.29, 1.82) is 0 Å². The van der Waals surface area contributed by atoms with Gasteiger partial charge < -0.3 is 15.7 Å². The summed E-state index contributed by atoms with van der Waals surface area (Å²) in [6.45, 7) is 8.15. The molecule has 6 heteroatoms. The number of nitrogens with two attached hydrogens (primary N) is 1. The van der Waals surface area contributed by atoms with Crippen molar-refractivity contribution < 1.29 is 5.11 Å². The first kappa shape index (κ1) is 16.6. The molecule has 0 saturated carbocycles. The molecule has 3 N–H and O–H groups in total. The van der Waals surface area contributed by atoms with E-state index in [1.165, 1.54) is 10.9 Å². The van der Waals surface area contributed by atoms with Gasteiger partial charge in [0, 0.05) is 18.6 Å². The number of aliphatic hydroxyl groups is 1. The number of aliphatic hydroxyl groups excluding tert-OH is 1. The lowest BCUT2D eigenvalue weighted by molar-refractivity contribution is 0.170. The molecule has 0 amide bonds. The largest absolute Gasteiger partial charge is 0.394 e. The minimum absolute atomic E-state index is 0.0517. The van der Waals surface area contributed by atoms with Crippen LogP contribution in [-0.4, -0.2) is 40.3 Å². The van der Waals surface area contributed by atoms with Gasteiger partial charge in [-0.15, -0.1) is 11.3 Å². The molecule has 1 fully saturated rings. The Morgan fingerprint density at radius 2 is 2.04 bits per heavy atom. The standard InChI is InChI=1S/C17H26N4OS/c1-11(2)8-13-9-23-16-14(13)15(19-12(3)20-16)21-6-4-17(18,10-22)5-7-21/h9,11,22H,4-8,10,18H2,1-3H3. The summed E-state index contributed by atoms with van der Waals surface area (Å²) < 4.78 is 0. The Bertz CT molecular complexity index is 689. The van der Waals surface area contributed by atoms with Crippen molar-refractivity contribution in [2.45, 2.75) is 45.6 Å². The molecule has 0 spiro atoms. The number of fused-ring (bicyclic) bond motifs is 1. The van der Waals surface area contributed by atoms with Gasteiger partial charge >= 0.3 is 0 Å². The van der Waals surface area contributed by atoms with E-state index in [-0.39, 0.29) is 6.61 Å². The molecule has 3 rings (SSSR count). The number of rotatable bonds is 4. The molecule has 2 aromatic heterocycles. The highest BCUT2D eigenvalue weighted by atomic mass is 32.1. The number of piperidine rings is 1. The highest BCUT2D eigenvalue weighted by Gasteiger charge is 2.31. The van der Waals surface area contributed by atoms with Gasteiger partial charge in [-0.25, -0.2) is 9.97 Å². The molecular weight excluding hydrogens is 308 g/mol. The number of nitrogens with zero attached hydrogens (tertiary/aromatic N) is 3. The van der Waals surface area contributed by atoms with E-state index in [1.807, 2.05) is 6.92 Å². The zero-order valence-electron chi connectivity index (χ0n) is 14.2. The molecule has 1 aliphatic heterocycles. The van der Waals surface area contributed by atoms with Gasteiger partial charge in [-0.1, -0.05) is 13.8 Å². The normalized spacial score (nSPS) is 18.1. The van der Waals surface area contributed by atoms with Crippen LogP contribution in [0.15, 0.2) is 5.38 Å². The topological polar surface area (TPSA) is 75.3 Å². The minimum atomic E-state index is -0.437. The van der Waals surface area contributed by atoms with Crippen LogP contribution in [0.25, 0.3) is 10.2 Å². The molecule has 126 valence electrons. The van der Waals surface area contributed by atoms with Crippen molar-refractivity contribution in [2.75, 3.05) is 24.6 Å². The lowest BCUT2D eigenvalue weighted by atomic mass is 9.89. The quantitative estimate of drug-likeness (QED) is 0.898. The van der Waals surface area contributed by atoms with Crippen molar-refractivity contribution >= 4 is 27.4 Å². The van der Waals surface area contributed by atoms with Crippen molar-refractivity contribution in [3.05, 3.63) is 16.8 Å². The molecular formula is C17H26N4OS. The van der Waals surface area contributed by atoms with Gasteiger partial charge in [0.1, 0.15) is 16.5 Å². The van der Waals surface area contributed by atoms with Crippen LogP contribution in [0.3, 0.4) is 0 Å². The van der Waals surface area contributed by atoms with Gasteiger partial charge in [0.2, 0.25) is 0 Å². The second kappa shape index (κ2) is 6.34. The van der Waals surface area contributed by atoms with E-state index in [0.717, 1.165) is 48.8 Å². The Morgan fingerprint density at radius 1 is 1.35 bits per heavy atom. The van der Waals surface area contributed by atoms with Crippen LogP contribution in [0.5, 0.6) is 0 Å². The Balaban J connectivity index is 1.98. The summed E-state index contributed by atoms with van der Waals surface area (Å²) in [4.78, 5) is 12.8. The average Bonchev–Trinajstić information content (AvgIpc) is 2.89. The number of hydrogen-bond acceptors (Lipinski definition) is 6. The first-order valence-corrected chi connectivity index (χ1v) is 9.19. The monoisotopic (exact) mass is 334 g/mol. The van der Waals surface area contributed by atoms with Crippen molar-refractivity contribution in [1.82, 2.24) is 9.97 Å². The van der Waals surface area contributed by atoms with Gasteiger partial charge in [-0.3, -0.25) is 0 Å². The fourth-order valence-corrected chi connectivity index (χ4v) is 4.22. The maximum atomic E-state index is 9.47. The summed E-state index contributed by atoms with van der Waals surface area (Å²) in [7, 11) is 0. The number of aryl methyl sites for hydroxylation is 1. The SMILES string of the molecule is Cc1nc(N2CCC(N)(CO)CC2)c2c(CC(C)C)csc2n1. The van der Waals surface area contributed by atoms with E-state index < -0.39 is 5.54 Å². The van der Waals surface area contributed by atoms with E-state index in [1.54, 1.807) is 11.3 Å². The third-order valence-electron chi connectivity index (χ3n) is 4.60. The summed E-state index contributed by atoms with van der Waals surface area (Å²) in [6, 6.07) is 0. The molecule has 2 aromatic rings. The fourth-order valence-electron chi connectivity index (χ4n) is 3.23. The molecule has 3 heterocycles. The first-order valence-electron chi connectivity index (χ1n) is 8.31. The Hall–Kier alpha value is -1.24. The Kier molecular flexibility index (Phi) is 4.58. The highest BCUT2D eigenvalue weighted by Crippen LogP contribution is 2.35. The van der Waals surface area contributed by atoms with E-state index in [4.69, 9.17) is 10.7 Å². The average molecular weight is 334 g/mol. The number of thiophene rings is 1. The molecule has 0 atom stereocenters. The molecule has 0 unspecified atom stereocenters. The number of hydrogen-bond donors (Lipinski definition) is 2. The van der Waals surface area contributed by atoms with E-state index >= 15 is 0 Å². The maximum absolute atomic E-state index is 9.47. The Labute approximate surface area is 141 Å².